The van der Waals surface area contributed by atoms with Gasteiger partial charge in [-0.05, 0) is 68.8 Å². The number of nitrogens with zero attached hydrogens (tertiary/aromatic N) is 3. The number of ketones is 1. The Kier molecular flexibility index (Phi) is 6.32. The lowest BCUT2D eigenvalue weighted by Gasteiger charge is -2.22. The minimum atomic E-state index is -0.244. The lowest BCUT2D eigenvalue weighted by molar-refractivity contribution is 0.101. The average molecular weight is 705 g/mol. The molecule has 0 radical (unpaired) electrons. The minimum Gasteiger partial charge on any atom is -0.294 e. The van der Waals surface area contributed by atoms with Crippen molar-refractivity contribution in [2.75, 3.05) is 0 Å². The van der Waals surface area contributed by atoms with Gasteiger partial charge in [0, 0.05) is 85.4 Å². The summed E-state index contributed by atoms with van der Waals surface area (Å²) in [5.41, 5.74) is 5.24. The number of carbonyl (C=O) groups is 1. The smallest absolute Gasteiger partial charge is 0.264 e. The molecule has 0 bridgehead atoms. The number of imidazole rings is 1. The van der Waals surface area contributed by atoms with Crippen LogP contribution in [0.4, 0.5) is 5.69 Å². The highest BCUT2D eigenvalue weighted by Gasteiger charge is 2.29. The number of carbonyl (C=O) groups excluding carboxylic acids is 1. The maximum absolute atomic E-state index is 14.2. The molecule has 2 heterocycles. The topological polar surface area (TPSA) is 63.8 Å². The van der Waals surface area contributed by atoms with Crippen LogP contribution in [0, 0.1) is 6.92 Å². The van der Waals surface area contributed by atoms with Gasteiger partial charge in [0.1, 0.15) is 5.65 Å². The van der Waals surface area contributed by atoms with E-state index in [1.807, 2.05) is 74.5 Å². The fourth-order valence-corrected chi connectivity index (χ4v) is 8.68. The lowest BCUT2D eigenvalue weighted by Crippen LogP contribution is -2.13. The van der Waals surface area contributed by atoms with Crippen molar-refractivity contribution in [3.63, 3.8) is 0 Å². The third-order valence-corrected chi connectivity index (χ3v) is 10.7. The van der Waals surface area contributed by atoms with E-state index >= 15 is 0 Å². The zero-order chi connectivity index (χ0) is 33.3. The van der Waals surface area contributed by atoms with Gasteiger partial charge >= 0.3 is 0 Å². The molecule has 0 unspecified atom stereocenters. The molecule has 0 saturated carbocycles. The van der Waals surface area contributed by atoms with E-state index in [4.69, 9.17) is 56.4 Å². The Hall–Kier alpha value is -4.52. The Morgan fingerprint density at radius 2 is 1.23 bits per heavy atom. The summed E-state index contributed by atoms with van der Waals surface area (Å²) in [6, 6.07) is 22.4. The minimum absolute atomic E-state index is 0.167. The number of fused-ring (bicyclic) bond motifs is 6. The first-order valence-electron chi connectivity index (χ1n) is 15.2. The molecule has 0 saturated heterocycles. The number of hydrogen-bond donors (Lipinski definition) is 0. The highest BCUT2D eigenvalue weighted by molar-refractivity contribution is 6.56. The fraction of sp³-hybridized carbons (Fsp3) is 0.0769. The summed E-state index contributed by atoms with van der Waals surface area (Å²) < 4.78 is 1.61. The van der Waals surface area contributed by atoms with Gasteiger partial charge in [-0.2, -0.15) is 0 Å². The molecule has 48 heavy (non-hydrogen) atoms. The number of aliphatic imine (C=N–C) groups is 1. The van der Waals surface area contributed by atoms with Crippen molar-refractivity contribution in [3.05, 3.63) is 120 Å². The van der Waals surface area contributed by atoms with Crippen LogP contribution in [0.5, 0.6) is 0 Å². The van der Waals surface area contributed by atoms with Crippen LogP contribution >= 0.6 is 46.4 Å². The van der Waals surface area contributed by atoms with E-state index in [-0.39, 0.29) is 11.3 Å². The number of para-hydroxylation sites is 3. The van der Waals surface area contributed by atoms with Crippen molar-refractivity contribution in [1.29, 1.82) is 0 Å². The largest absolute Gasteiger partial charge is 0.294 e. The lowest BCUT2D eigenvalue weighted by atomic mass is 9.84. The summed E-state index contributed by atoms with van der Waals surface area (Å²) >= 11 is 28.9. The number of halogens is 4. The van der Waals surface area contributed by atoms with Gasteiger partial charge < -0.3 is 0 Å². The van der Waals surface area contributed by atoms with Crippen LogP contribution in [0.1, 0.15) is 35.3 Å². The SMILES string of the molecule is CC(=O)c1cc(Cl)c2c3c(Cl)cc4c5c(cc(Cl)c(c6c(Cl)cc(C(C)=Nc7ccccc7C)c1c62)c35)c(=O)n1c2ccccc2nc41. The summed E-state index contributed by atoms with van der Waals surface area (Å²) in [5, 5.41) is 7.68. The molecule has 0 N–H and O–H groups in total. The van der Waals surface area contributed by atoms with Gasteiger partial charge in [-0.25, -0.2) is 4.98 Å². The maximum atomic E-state index is 14.2. The van der Waals surface area contributed by atoms with Gasteiger partial charge in [0.25, 0.3) is 5.56 Å². The van der Waals surface area contributed by atoms with Gasteiger partial charge in [-0.1, -0.05) is 76.7 Å². The molecule has 0 spiro atoms. The van der Waals surface area contributed by atoms with Crippen molar-refractivity contribution in [1.82, 2.24) is 9.38 Å². The number of Topliss-reactive ketones (excluding diaryl/α,β-unsaturated/α-hetero) is 1. The third kappa shape index (κ3) is 3.81. The van der Waals surface area contributed by atoms with E-state index in [0.29, 0.717) is 107 Å². The second kappa shape index (κ2) is 10.2. The number of benzene rings is 7. The Bertz CT molecular complexity index is 3000. The first-order valence-corrected chi connectivity index (χ1v) is 16.7. The second-order valence-electron chi connectivity index (χ2n) is 12.2. The summed E-state index contributed by atoms with van der Waals surface area (Å²) in [5.74, 6) is -0.167. The summed E-state index contributed by atoms with van der Waals surface area (Å²) in [4.78, 5) is 37.4. The van der Waals surface area contributed by atoms with E-state index in [0.717, 1.165) is 11.3 Å². The molecule has 232 valence electrons. The van der Waals surface area contributed by atoms with E-state index in [9.17, 15) is 9.59 Å². The number of aryl methyl sites for hydroxylation is 1. The number of aromatic nitrogens is 2. The first kappa shape index (κ1) is 29.6. The zero-order valence-corrected chi connectivity index (χ0v) is 28.6. The Morgan fingerprint density at radius 3 is 1.90 bits per heavy atom. The van der Waals surface area contributed by atoms with E-state index < -0.39 is 0 Å². The standard InChI is InChI=1S/C39H21Cl4N3O2/c1-16-8-4-5-9-27(16)44-17(2)19-12-23(40)32-35-26(43)15-22-31-21(38-45-28-10-6-7-11-29(28)46(38)39(22)48)14-25(42)34(37(31)35)33-24(41)13-20(18(3)47)30(19)36(32)33/h4-15H,1-3H3. The molecule has 0 fully saturated rings. The molecule has 0 aliphatic heterocycles. The Labute approximate surface area is 292 Å². The molecule has 7 aromatic carbocycles. The van der Waals surface area contributed by atoms with Crippen LogP contribution in [0.3, 0.4) is 0 Å². The Balaban J connectivity index is 1.56. The molecule has 5 nitrogen and oxygen atoms in total. The molecule has 0 aliphatic rings. The maximum Gasteiger partial charge on any atom is 0.264 e. The van der Waals surface area contributed by atoms with Gasteiger partial charge in [0.05, 0.1) is 22.1 Å². The van der Waals surface area contributed by atoms with Crippen molar-refractivity contribution in [2.24, 2.45) is 4.99 Å². The molecule has 0 atom stereocenters. The predicted molar refractivity (Wildman–Crippen MR) is 202 cm³/mol. The van der Waals surface area contributed by atoms with Crippen molar-refractivity contribution < 1.29 is 4.79 Å². The summed E-state index contributed by atoms with van der Waals surface area (Å²) in [6.07, 6.45) is 0. The molecule has 0 amide bonds. The molecular formula is C39H21Cl4N3O2. The second-order valence-corrected chi connectivity index (χ2v) is 13.9. The van der Waals surface area contributed by atoms with Crippen LogP contribution in [0.2, 0.25) is 20.1 Å². The quantitative estimate of drug-likeness (QED) is 0.0796. The first-order chi connectivity index (χ1) is 23.1. The number of pyridine rings is 1. The average Bonchev–Trinajstić information content (AvgIpc) is 3.45. The summed E-state index contributed by atoms with van der Waals surface area (Å²) in [6.45, 7) is 5.41. The van der Waals surface area contributed by atoms with Crippen molar-refractivity contribution in [2.45, 2.75) is 20.8 Å². The van der Waals surface area contributed by atoms with Gasteiger partial charge in [-0.15, -0.1) is 0 Å². The molecule has 2 aromatic heterocycles. The van der Waals surface area contributed by atoms with Crippen LogP contribution in [-0.2, 0) is 0 Å². The molecule has 9 rings (SSSR count). The fourth-order valence-electron chi connectivity index (χ4n) is 7.49. The van der Waals surface area contributed by atoms with Gasteiger partial charge in [-0.3, -0.25) is 19.0 Å². The van der Waals surface area contributed by atoms with E-state index in [1.54, 1.807) is 16.5 Å². The highest BCUT2D eigenvalue weighted by Crippen LogP contribution is 2.53. The van der Waals surface area contributed by atoms with Crippen LogP contribution in [0.15, 0.2) is 82.6 Å². The van der Waals surface area contributed by atoms with Gasteiger partial charge in [0.2, 0.25) is 0 Å². The normalized spacial score (nSPS) is 12.8. The van der Waals surface area contributed by atoms with Crippen molar-refractivity contribution in [3.8, 4) is 0 Å². The molecule has 9 aromatic rings. The van der Waals surface area contributed by atoms with Crippen LogP contribution < -0.4 is 5.56 Å². The summed E-state index contributed by atoms with van der Waals surface area (Å²) in [7, 11) is 0. The van der Waals surface area contributed by atoms with Crippen LogP contribution in [0.25, 0.3) is 70.5 Å². The monoisotopic (exact) mass is 703 g/mol. The van der Waals surface area contributed by atoms with E-state index in [2.05, 4.69) is 0 Å². The number of rotatable bonds is 3. The molecule has 0 aliphatic carbocycles. The number of hydrogen-bond acceptors (Lipinski definition) is 4. The highest BCUT2D eigenvalue weighted by atomic mass is 35.5. The van der Waals surface area contributed by atoms with Gasteiger partial charge in [0.15, 0.2) is 5.78 Å². The molecule has 9 heteroatoms. The molecular weight excluding hydrogens is 684 g/mol. The van der Waals surface area contributed by atoms with Crippen LogP contribution in [-0.4, -0.2) is 20.9 Å². The zero-order valence-electron chi connectivity index (χ0n) is 25.6. The third-order valence-electron chi connectivity index (χ3n) is 9.52. The van der Waals surface area contributed by atoms with E-state index in [1.165, 1.54) is 6.92 Å². The van der Waals surface area contributed by atoms with Crippen molar-refractivity contribution >= 4 is 134 Å². The Morgan fingerprint density at radius 1 is 0.667 bits per heavy atom. The predicted octanol–water partition coefficient (Wildman–Crippen LogP) is 11.8.